The molecule has 0 atom stereocenters. The van der Waals surface area contributed by atoms with E-state index in [2.05, 4.69) is 5.32 Å². The van der Waals surface area contributed by atoms with Crippen molar-refractivity contribution in [3.8, 4) is 6.07 Å². The lowest BCUT2D eigenvalue weighted by molar-refractivity contribution is -0.119. The lowest BCUT2D eigenvalue weighted by atomic mass is 10.2. The molecule has 1 heterocycles. The SMILES string of the molecule is N#C/C(=C/N1CCN(C=O)CC1)C(=O)Nc1ccccc1Sc1ccccc1. The van der Waals surface area contributed by atoms with E-state index in [0.29, 0.717) is 31.9 Å². The van der Waals surface area contributed by atoms with Crippen LogP contribution in [0, 0.1) is 11.3 Å². The maximum atomic E-state index is 12.6. The molecule has 6 nitrogen and oxygen atoms in total. The second kappa shape index (κ2) is 9.62. The van der Waals surface area contributed by atoms with E-state index in [-0.39, 0.29) is 5.57 Å². The van der Waals surface area contributed by atoms with Gasteiger partial charge in [-0.2, -0.15) is 5.26 Å². The average molecular weight is 392 g/mol. The zero-order chi connectivity index (χ0) is 19.8. The predicted octanol–water partition coefficient (Wildman–Crippen LogP) is 2.96. The maximum Gasteiger partial charge on any atom is 0.267 e. The van der Waals surface area contributed by atoms with Crippen LogP contribution in [0.25, 0.3) is 0 Å². The fourth-order valence-electron chi connectivity index (χ4n) is 2.76. The Morgan fingerprint density at radius 2 is 1.64 bits per heavy atom. The fraction of sp³-hybridized carbons (Fsp3) is 0.190. The highest BCUT2D eigenvalue weighted by molar-refractivity contribution is 7.99. The number of para-hydroxylation sites is 1. The Kier molecular flexibility index (Phi) is 6.71. The lowest BCUT2D eigenvalue weighted by Gasteiger charge is -2.31. The number of hydrogen-bond donors (Lipinski definition) is 1. The third-order valence-electron chi connectivity index (χ3n) is 4.28. The van der Waals surface area contributed by atoms with Crippen LogP contribution in [0.1, 0.15) is 0 Å². The molecule has 0 radical (unpaired) electrons. The summed E-state index contributed by atoms with van der Waals surface area (Å²) in [6.45, 7) is 2.35. The molecule has 1 aliphatic heterocycles. The van der Waals surface area contributed by atoms with E-state index in [1.807, 2.05) is 65.6 Å². The van der Waals surface area contributed by atoms with Crippen molar-refractivity contribution >= 4 is 29.8 Å². The Labute approximate surface area is 168 Å². The average Bonchev–Trinajstić information content (AvgIpc) is 2.74. The van der Waals surface area contributed by atoms with Crippen LogP contribution in [0.15, 0.2) is 76.2 Å². The number of carbonyl (C=O) groups excluding carboxylic acids is 2. The van der Waals surface area contributed by atoms with Crippen molar-refractivity contribution in [2.24, 2.45) is 0 Å². The van der Waals surface area contributed by atoms with Gasteiger partial charge in [0.1, 0.15) is 11.6 Å². The number of nitrogens with zero attached hydrogens (tertiary/aromatic N) is 3. The number of rotatable bonds is 6. The summed E-state index contributed by atoms with van der Waals surface area (Å²) >= 11 is 1.55. The molecule has 0 aliphatic carbocycles. The van der Waals surface area contributed by atoms with E-state index in [4.69, 9.17) is 0 Å². The van der Waals surface area contributed by atoms with Gasteiger partial charge in [0.05, 0.1) is 5.69 Å². The van der Waals surface area contributed by atoms with Gasteiger partial charge in [-0.05, 0) is 24.3 Å². The third-order valence-corrected chi connectivity index (χ3v) is 5.36. The van der Waals surface area contributed by atoms with Gasteiger partial charge in [-0.25, -0.2) is 0 Å². The number of nitriles is 1. The number of amides is 2. The molecule has 1 saturated heterocycles. The molecular weight excluding hydrogens is 372 g/mol. The minimum atomic E-state index is -0.443. The van der Waals surface area contributed by atoms with E-state index in [0.717, 1.165) is 16.2 Å². The molecule has 28 heavy (non-hydrogen) atoms. The molecule has 1 N–H and O–H groups in total. The zero-order valence-corrected chi connectivity index (χ0v) is 16.1. The van der Waals surface area contributed by atoms with E-state index in [1.54, 1.807) is 22.9 Å². The third kappa shape index (κ3) is 5.15. The Balaban J connectivity index is 1.70. The van der Waals surface area contributed by atoms with Crippen molar-refractivity contribution in [3.63, 3.8) is 0 Å². The summed E-state index contributed by atoms with van der Waals surface area (Å²) in [4.78, 5) is 29.0. The molecule has 2 aromatic carbocycles. The van der Waals surface area contributed by atoms with Gasteiger partial charge < -0.3 is 15.1 Å². The van der Waals surface area contributed by atoms with Crippen LogP contribution in [-0.2, 0) is 9.59 Å². The van der Waals surface area contributed by atoms with Crippen LogP contribution in [0.2, 0.25) is 0 Å². The quantitative estimate of drug-likeness (QED) is 0.465. The van der Waals surface area contributed by atoms with E-state index in [9.17, 15) is 14.9 Å². The molecule has 142 valence electrons. The Morgan fingerprint density at radius 1 is 1.00 bits per heavy atom. The molecule has 1 fully saturated rings. The van der Waals surface area contributed by atoms with Crippen molar-refractivity contribution in [3.05, 3.63) is 66.4 Å². The minimum absolute atomic E-state index is 0.0408. The number of benzene rings is 2. The molecule has 0 unspecified atom stereocenters. The fourth-order valence-corrected chi connectivity index (χ4v) is 3.68. The molecule has 0 bridgehead atoms. The van der Waals surface area contributed by atoms with Crippen molar-refractivity contribution in [1.82, 2.24) is 9.80 Å². The standard InChI is InChI=1S/C21H20N4O2S/c22-14-17(15-24-10-12-25(16-26)13-11-24)21(27)23-19-8-4-5-9-20(19)28-18-6-2-1-3-7-18/h1-9,15-16H,10-13H2,(H,23,27)/b17-15-. The topological polar surface area (TPSA) is 76.4 Å². The van der Waals surface area contributed by atoms with Gasteiger partial charge >= 0.3 is 0 Å². The summed E-state index contributed by atoms with van der Waals surface area (Å²) in [7, 11) is 0. The molecule has 0 aromatic heterocycles. The first-order valence-electron chi connectivity index (χ1n) is 8.88. The summed E-state index contributed by atoms with van der Waals surface area (Å²) in [6.07, 6.45) is 2.39. The molecule has 0 saturated carbocycles. The molecule has 2 amide bonds. The Hall–Kier alpha value is -3.24. The maximum absolute atomic E-state index is 12.6. The van der Waals surface area contributed by atoms with E-state index in [1.165, 1.54) is 0 Å². The van der Waals surface area contributed by atoms with Crippen LogP contribution in [-0.4, -0.2) is 48.3 Å². The van der Waals surface area contributed by atoms with Gasteiger partial charge in [0, 0.05) is 42.2 Å². The largest absolute Gasteiger partial charge is 0.373 e. The van der Waals surface area contributed by atoms with E-state index < -0.39 is 5.91 Å². The van der Waals surface area contributed by atoms with Crippen molar-refractivity contribution in [2.45, 2.75) is 9.79 Å². The Bertz CT molecular complexity index is 900. The van der Waals surface area contributed by atoms with Gasteiger partial charge in [0.2, 0.25) is 6.41 Å². The van der Waals surface area contributed by atoms with Crippen LogP contribution >= 0.6 is 11.8 Å². The van der Waals surface area contributed by atoms with Crippen LogP contribution in [0.3, 0.4) is 0 Å². The Morgan fingerprint density at radius 3 is 2.32 bits per heavy atom. The highest BCUT2D eigenvalue weighted by Gasteiger charge is 2.17. The molecule has 3 rings (SSSR count). The summed E-state index contributed by atoms with van der Waals surface area (Å²) in [6, 6.07) is 19.4. The van der Waals surface area contributed by atoms with Crippen LogP contribution < -0.4 is 5.32 Å². The molecule has 1 aliphatic rings. The van der Waals surface area contributed by atoms with Gasteiger partial charge in [0.15, 0.2) is 0 Å². The molecular formula is C21H20N4O2S. The zero-order valence-electron chi connectivity index (χ0n) is 15.2. The molecule has 0 spiro atoms. The summed E-state index contributed by atoms with van der Waals surface area (Å²) in [5.74, 6) is -0.443. The molecule has 2 aromatic rings. The molecule has 7 heteroatoms. The second-order valence-corrected chi connectivity index (χ2v) is 7.31. The minimum Gasteiger partial charge on any atom is -0.373 e. The first-order valence-corrected chi connectivity index (χ1v) is 9.70. The first-order chi connectivity index (χ1) is 13.7. The van der Waals surface area contributed by atoms with Crippen molar-refractivity contribution in [2.75, 3.05) is 31.5 Å². The van der Waals surface area contributed by atoms with Crippen molar-refractivity contribution < 1.29 is 9.59 Å². The summed E-state index contributed by atoms with van der Waals surface area (Å²) < 4.78 is 0. The smallest absolute Gasteiger partial charge is 0.267 e. The normalized spacial score (nSPS) is 14.3. The number of piperazine rings is 1. The van der Waals surface area contributed by atoms with Gasteiger partial charge in [0.25, 0.3) is 5.91 Å². The summed E-state index contributed by atoms with van der Waals surface area (Å²) in [5, 5.41) is 12.3. The highest BCUT2D eigenvalue weighted by Crippen LogP contribution is 2.33. The highest BCUT2D eigenvalue weighted by atomic mass is 32.2. The van der Waals surface area contributed by atoms with Crippen LogP contribution in [0.5, 0.6) is 0 Å². The number of carbonyl (C=O) groups is 2. The van der Waals surface area contributed by atoms with Crippen LogP contribution in [0.4, 0.5) is 5.69 Å². The van der Waals surface area contributed by atoms with Gasteiger partial charge in [-0.1, -0.05) is 42.1 Å². The predicted molar refractivity (Wildman–Crippen MR) is 109 cm³/mol. The lowest BCUT2D eigenvalue weighted by Crippen LogP contribution is -2.43. The second-order valence-electron chi connectivity index (χ2n) is 6.20. The number of hydrogen-bond acceptors (Lipinski definition) is 5. The number of anilines is 1. The van der Waals surface area contributed by atoms with Gasteiger partial charge in [-0.3, -0.25) is 9.59 Å². The van der Waals surface area contributed by atoms with Crippen molar-refractivity contribution in [1.29, 1.82) is 5.26 Å². The number of nitrogens with one attached hydrogen (secondary N) is 1. The van der Waals surface area contributed by atoms with Gasteiger partial charge in [-0.15, -0.1) is 0 Å². The monoisotopic (exact) mass is 392 g/mol. The van der Waals surface area contributed by atoms with E-state index >= 15 is 0 Å². The summed E-state index contributed by atoms with van der Waals surface area (Å²) in [5.41, 5.74) is 0.701. The first kappa shape index (κ1) is 19.5.